The van der Waals surface area contributed by atoms with Gasteiger partial charge in [0.15, 0.2) is 5.96 Å². The monoisotopic (exact) mass is 329 g/mol. The summed E-state index contributed by atoms with van der Waals surface area (Å²) in [7, 11) is 3.24. The van der Waals surface area contributed by atoms with Gasteiger partial charge in [0.05, 0.1) is 26.3 Å². The molecule has 0 bridgehead atoms. The van der Waals surface area contributed by atoms with Crippen LogP contribution in [0.4, 0.5) is 4.39 Å². The minimum Gasteiger partial charge on any atom is -0.497 e. The molecule has 1 aliphatic rings. The van der Waals surface area contributed by atoms with Crippen LogP contribution >= 0.6 is 0 Å². The third kappa shape index (κ3) is 3.27. The predicted molar refractivity (Wildman–Crippen MR) is 90.8 cm³/mol. The van der Waals surface area contributed by atoms with Crippen LogP contribution in [0.25, 0.3) is 0 Å². The molecule has 2 unspecified atom stereocenters. The maximum atomic E-state index is 13.5. The van der Waals surface area contributed by atoms with E-state index in [0.29, 0.717) is 12.4 Å². The van der Waals surface area contributed by atoms with Gasteiger partial charge in [-0.2, -0.15) is 0 Å². The zero-order chi connectivity index (χ0) is 17.1. The SMILES string of the molecule is COc1ccc(OC)c(C2CC(c3cccc(F)c3)N=C(N)N2)c1. The Morgan fingerprint density at radius 1 is 1.17 bits per heavy atom. The average molecular weight is 329 g/mol. The lowest BCUT2D eigenvalue weighted by Gasteiger charge is -2.30. The number of aliphatic imine (C=N–C) groups is 1. The fourth-order valence-corrected chi connectivity index (χ4v) is 2.96. The molecule has 126 valence electrons. The minimum atomic E-state index is -0.282. The first-order valence-electron chi connectivity index (χ1n) is 7.68. The molecule has 2 atom stereocenters. The van der Waals surface area contributed by atoms with Crippen molar-refractivity contribution in [1.82, 2.24) is 5.32 Å². The number of nitrogens with two attached hydrogens (primary N) is 1. The van der Waals surface area contributed by atoms with E-state index in [1.807, 2.05) is 24.3 Å². The number of nitrogens with zero attached hydrogens (tertiary/aromatic N) is 1. The van der Waals surface area contributed by atoms with Crippen molar-refractivity contribution in [3.63, 3.8) is 0 Å². The molecule has 5 nitrogen and oxygen atoms in total. The van der Waals surface area contributed by atoms with Gasteiger partial charge in [0.2, 0.25) is 0 Å². The summed E-state index contributed by atoms with van der Waals surface area (Å²) in [5.74, 6) is 1.51. The highest BCUT2D eigenvalue weighted by atomic mass is 19.1. The van der Waals surface area contributed by atoms with E-state index in [1.54, 1.807) is 20.3 Å². The molecule has 0 aliphatic carbocycles. The number of guanidine groups is 1. The topological polar surface area (TPSA) is 68.9 Å². The van der Waals surface area contributed by atoms with Gasteiger partial charge in [-0.15, -0.1) is 0 Å². The second-order valence-electron chi connectivity index (χ2n) is 5.63. The number of hydrogen-bond donors (Lipinski definition) is 2. The summed E-state index contributed by atoms with van der Waals surface area (Å²) in [6, 6.07) is 11.7. The highest BCUT2D eigenvalue weighted by Crippen LogP contribution is 2.37. The van der Waals surface area contributed by atoms with Crippen molar-refractivity contribution in [3.05, 3.63) is 59.4 Å². The Hall–Kier alpha value is -2.76. The van der Waals surface area contributed by atoms with Gasteiger partial charge < -0.3 is 20.5 Å². The Labute approximate surface area is 140 Å². The van der Waals surface area contributed by atoms with Gasteiger partial charge in [-0.1, -0.05) is 12.1 Å². The van der Waals surface area contributed by atoms with Crippen LogP contribution in [0.5, 0.6) is 11.5 Å². The zero-order valence-corrected chi connectivity index (χ0v) is 13.6. The zero-order valence-electron chi connectivity index (χ0n) is 13.6. The van der Waals surface area contributed by atoms with Crippen LogP contribution in [0.15, 0.2) is 47.5 Å². The molecule has 24 heavy (non-hydrogen) atoms. The Morgan fingerprint density at radius 3 is 2.71 bits per heavy atom. The number of hydrogen-bond acceptors (Lipinski definition) is 5. The van der Waals surface area contributed by atoms with Crippen molar-refractivity contribution in [3.8, 4) is 11.5 Å². The number of rotatable bonds is 4. The van der Waals surface area contributed by atoms with E-state index in [0.717, 1.165) is 22.6 Å². The fraction of sp³-hybridized carbons (Fsp3) is 0.278. The third-order valence-corrected chi connectivity index (χ3v) is 4.12. The second kappa shape index (κ2) is 6.78. The van der Waals surface area contributed by atoms with Gasteiger partial charge >= 0.3 is 0 Å². The van der Waals surface area contributed by atoms with Crippen molar-refractivity contribution in [2.45, 2.75) is 18.5 Å². The molecule has 0 radical (unpaired) electrons. The highest BCUT2D eigenvalue weighted by molar-refractivity contribution is 5.79. The summed E-state index contributed by atoms with van der Waals surface area (Å²) >= 11 is 0. The van der Waals surface area contributed by atoms with Crippen molar-refractivity contribution < 1.29 is 13.9 Å². The summed E-state index contributed by atoms with van der Waals surface area (Å²) < 4.78 is 24.3. The Kier molecular flexibility index (Phi) is 4.55. The van der Waals surface area contributed by atoms with Crippen LogP contribution < -0.4 is 20.5 Å². The molecule has 1 heterocycles. The number of nitrogens with one attached hydrogen (secondary N) is 1. The summed E-state index contributed by atoms with van der Waals surface area (Å²) in [5, 5.41) is 3.17. The van der Waals surface area contributed by atoms with Crippen molar-refractivity contribution >= 4 is 5.96 Å². The lowest BCUT2D eigenvalue weighted by atomic mass is 9.93. The molecule has 2 aromatic rings. The van der Waals surface area contributed by atoms with E-state index >= 15 is 0 Å². The smallest absolute Gasteiger partial charge is 0.189 e. The van der Waals surface area contributed by atoms with Gasteiger partial charge in [0, 0.05) is 5.56 Å². The average Bonchev–Trinajstić information content (AvgIpc) is 2.60. The van der Waals surface area contributed by atoms with Crippen LogP contribution in [0.3, 0.4) is 0 Å². The quantitative estimate of drug-likeness (QED) is 0.905. The number of methoxy groups -OCH3 is 2. The first-order valence-corrected chi connectivity index (χ1v) is 7.68. The molecule has 2 aromatic carbocycles. The molecular formula is C18H20FN3O2. The second-order valence-corrected chi connectivity index (χ2v) is 5.63. The fourth-order valence-electron chi connectivity index (χ4n) is 2.96. The summed E-state index contributed by atoms with van der Waals surface area (Å²) in [4.78, 5) is 4.41. The maximum Gasteiger partial charge on any atom is 0.189 e. The van der Waals surface area contributed by atoms with Crippen LogP contribution in [-0.4, -0.2) is 20.2 Å². The van der Waals surface area contributed by atoms with Crippen molar-refractivity contribution in [2.24, 2.45) is 10.7 Å². The molecule has 3 N–H and O–H groups in total. The van der Waals surface area contributed by atoms with Gasteiger partial charge in [-0.05, 0) is 42.3 Å². The third-order valence-electron chi connectivity index (χ3n) is 4.12. The van der Waals surface area contributed by atoms with Crippen molar-refractivity contribution in [1.29, 1.82) is 0 Å². The van der Waals surface area contributed by atoms with E-state index in [-0.39, 0.29) is 17.9 Å². The molecule has 1 aliphatic heterocycles. The summed E-state index contributed by atoms with van der Waals surface area (Å²) in [6.45, 7) is 0. The summed E-state index contributed by atoms with van der Waals surface area (Å²) in [6.07, 6.45) is 0.633. The van der Waals surface area contributed by atoms with Gasteiger partial charge in [0.1, 0.15) is 17.3 Å². The largest absolute Gasteiger partial charge is 0.497 e. The standard InChI is InChI=1S/C18H20FN3O2/c1-23-13-6-7-17(24-2)14(9-13)16-10-15(21-18(20)22-16)11-4-3-5-12(19)8-11/h3-9,15-16H,10H2,1-2H3,(H3,20,21,22). The first-order chi connectivity index (χ1) is 11.6. The van der Waals surface area contributed by atoms with Gasteiger partial charge in [0.25, 0.3) is 0 Å². The van der Waals surface area contributed by atoms with Gasteiger partial charge in [-0.25, -0.2) is 9.38 Å². The normalized spacial score (nSPS) is 20.0. The van der Waals surface area contributed by atoms with Crippen LogP contribution in [0, 0.1) is 5.82 Å². The molecule has 0 aromatic heterocycles. The van der Waals surface area contributed by atoms with E-state index in [4.69, 9.17) is 15.2 Å². The maximum absolute atomic E-state index is 13.5. The lowest BCUT2D eigenvalue weighted by Crippen LogP contribution is -2.39. The molecule has 3 rings (SSSR count). The van der Waals surface area contributed by atoms with E-state index in [2.05, 4.69) is 10.3 Å². The molecule has 0 saturated carbocycles. The number of ether oxygens (including phenoxy) is 2. The van der Waals surface area contributed by atoms with Gasteiger partial charge in [-0.3, -0.25) is 0 Å². The van der Waals surface area contributed by atoms with Crippen LogP contribution in [-0.2, 0) is 0 Å². The number of halogens is 1. The Morgan fingerprint density at radius 2 is 2.00 bits per heavy atom. The molecule has 0 saturated heterocycles. The van der Waals surface area contributed by atoms with E-state index < -0.39 is 0 Å². The van der Waals surface area contributed by atoms with E-state index in [1.165, 1.54) is 12.1 Å². The predicted octanol–water partition coefficient (Wildman–Crippen LogP) is 2.93. The van der Waals surface area contributed by atoms with Crippen LogP contribution in [0.2, 0.25) is 0 Å². The Bertz CT molecular complexity index is 764. The molecule has 0 fully saturated rings. The number of benzene rings is 2. The van der Waals surface area contributed by atoms with E-state index in [9.17, 15) is 4.39 Å². The van der Waals surface area contributed by atoms with Crippen molar-refractivity contribution in [2.75, 3.05) is 14.2 Å². The highest BCUT2D eigenvalue weighted by Gasteiger charge is 2.27. The molecular weight excluding hydrogens is 309 g/mol. The first kappa shape index (κ1) is 16.1. The Balaban J connectivity index is 1.95. The lowest BCUT2D eigenvalue weighted by molar-refractivity contribution is 0.385. The molecule has 0 amide bonds. The summed E-state index contributed by atoms with van der Waals surface area (Å²) in [5.41, 5.74) is 7.69. The molecule has 6 heteroatoms. The molecule has 0 spiro atoms. The van der Waals surface area contributed by atoms with Crippen LogP contribution in [0.1, 0.15) is 29.6 Å². The minimum absolute atomic E-state index is 0.110.